The number of tetrazole rings is 1. The second-order valence-corrected chi connectivity index (χ2v) is 6.68. The molecule has 1 atom stereocenters. The monoisotopic (exact) mass is 369 g/mol. The fraction of sp³-hybridized carbons (Fsp3) is 0.250. The highest BCUT2D eigenvalue weighted by molar-refractivity contribution is 7.13. The third-order valence-corrected chi connectivity index (χ3v) is 4.87. The van der Waals surface area contributed by atoms with Crippen LogP contribution in [0.1, 0.15) is 23.2 Å². The molecule has 3 heterocycles. The number of benzene rings is 1. The number of aromatic nitrogens is 5. The van der Waals surface area contributed by atoms with Crippen molar-refractivity contribution in [1.82, 2.24) is 30.1 Å². The van der Waals surface area contributed by atoms with Crippen molar-refractivity contribution in [2.75, 3.05) is 11.9 Å². The van der Waals surface area contributed by atoms with Gasteiger partial charge in [0.05, 0.1) is 5.69 Å². The minimum Gasteiger partial charge on any atom is -0.327 e. The third kappa shape index (κ3) is 3.18. The van der Waals surface area contributed by atoms with E-state index in [-0.39, 0.29) is 11.8 Å². The molecule has 0 radical (unpaired) electrons. The van der Waals surface area contributed by atoms with Gasteiger partial charge in [0.1, 0.15) is 12.4 Å². The first-order valence-electron chi connectivity index (χ1n) is 8.07. The Balaban J connectivity index is 1.53. The molecule has 9 nitrogen and oxygen atoms in total. The fourth-order valence-electron chi connectivity index (χ4n) is 2.98. The number of nitrogens with one attached hydrogen (secondary N) is 1. The molecule has 1 aromatic carbocycles. The van der Waals surface area contributed by atoms with Gasteiger partial charge in [0.25, 0.3) is 5.91 Å². The van der Waals surface area contributed by atoms with Gasteiger partial charge in [-0.2, -0.15) is 0 Å². The number of hydrogen-bond acceptors (Lipinski definition) is 7. The summed E-state index contributed by atoms with van der Waals surface area (Å²) in [4.78, 5) is 31.2. The van der Waals surface area contributed by atoms with Crippen molar-refractivity contribution in [3.63, 3.8) is 0 Å². The van der Waals surface area contributed by atoms with E-state index in [1.807, 2.05) is 6.07 Å². The van der Waals surface area contributed by atoms with E-state index in [2.05, 4.69) is 25.8 Å². The Hall–Kier alpha value is -3.14. The lowest BCUT2D eigenvalue weighted by atomic mass is 10.1. The van der Waals surface area contributed by atoms with Crippen LogP contribution in [-0.4, -0.2) is 54.5 Å². The molecule has 1 fully saturated rings. The zero-order valence-corrected chi connectivity index (χ0v) is 14.5. The van der Waals surface area contributed by atoms with E-state index in [4.69, 9.17) is 0 Å². The molecule has 26 heavy (non-hydrogen) atoms. The van der Waals surface area contributed by atoms with E-state index in [1.54, 1.807) is 34.7 Å². The number of likely N-dealkylation sites (tertiary alicyclic amines) is 1. The number of carbonyl (C=O) groups excluding carboxylic acids is 2. The van der Waals surface area contributed by atoms with Crippen LogP contribution in [0.4, 0.5) is 5.13 Å². The molecule has 1 unspecified atom stereocenters. The molecule has 10 heteroatoms. The normalized spacial score (nSPS) is 16.6. The maximum absolute atomic E-state index is 13.0. The van der Waals surface area contributed by atoms with Crippen molar-refractivity contribution in [3.05, 3.63) is 47.7 Å². The van der Waals surface area contributed by atoms with Gasteiger partial charge in [-0.3, -0.25) is 9.59 Å². The summed E-state index contributed by atoms with van der Waals surface area (Å²) >= 11 is 1.35. The van der Waals surface area contributed by atoms with Crippen LogP contribution < -0.4 is 5.32 Å². The molecular weight excluding hydrogens is 354 g/mol. The van der Waals surface area contributed by atoms with Gasteiger partial charge in [0.15, 0.2) is 5.13 Å². The predicted octanol–water partition coefficient (Wildman–Crippen LogP) is 1.36. The number of thiazole rings is 1. The van der Waals surface area contributed by atoms with E-state index in [9.17, 15) is 9.59 Å². The highest BCUT2D eigenvalue weighted by Crippen LogP contribution is 2.23. The molecular formula is C16H15N7O2S. The predicted molar refractivity (Wildman–Crippen MR) is 94.0 cm³/mol. The standard InChI is InChI=1S/C16H15N7O2S/c24-14(19-16-17-6-8-26-16)13-5-2-7-22(13)15(25)11-3-1-4-12(9-11)23-10-18-20-21-23/h1,3-4,6,8-10,13H,2,5,7H2,(H,17,19,24). The molecule has 132 valence electrons. The minimum atomic E-state index is -0.497. The van der Waals surface area contributed by atoms with E-state index < -0.39 is 6.04 Å². The second-order valence-electron chi connectivity index (χ2n) is 5.79. The Morgan fingerprint density at radius 1 is 1.31 bits per heavy atom. The van der Waals surface area contributed by atoms with E-state index in [1.165, 1.54) is 22.3 Å². The quantitative estimate of drug-likeness (QED) is 0.744. The van der Waals surface area contributed by atoms with Crippen LogP contribution in [0, 0.1) is 0 Å². The summed E-state index contributed by atoms with van der Waals surface area (Å²) in [6.45, 7) is 0.546. The first kappa shape index (κ1) is 16.3. The Labute approximate surface area is 152 Å². The molecule has 2 aromatic heterocycles. The second kappa shape index (κ2) is 7.00. The lowest BCUT2D eigenvalue weighted by Gasteiger charge is -2.23. The molecule has 1 aliphatic rings. The number of carbonyl (C=O) groups is 2. The molecule has 1 N–H and O–H groups in total. The summed E-state index contributed by atoms with van der Waals surface area (Å²) in [6.07, 6.45) is 4.51. The number of anilines is 1. The first-order valence-corrected chi connectivity index (χ1v) is 8.95. The smallest absolute Gasteiger partial charge is 0.254 e. The molecule has 0 aliphatic carbocycles. The van der Waals surface area contributed by atoms with Gasteiger partial charge < -0.3 is 10.2 Å². The van der Waals surface area contributed by atoms with Gasteiger partial charge in [0, 0.05) is 23.7 Å². The van der Waals surface area contributed by atoms with Gasteiger partial charge in [-0.15, -0.1) is 16.4 Å². The topological polar surface area (TPSA) is 106 Å². The Kier molecular flexibility index (Phi) is 4.40. The fourth-order valence-corrected chi connectivity index (χ4v) is 3.51. The van der Waals surface area contributed by atoms with Crippen LogP contribution in [0.15, 0.2) is 42.2 Å². The van der Waals surface area contributed by atoms with Gasteiger partial charge in [-0.05, 0) is 41.5 Å². The average molecular weight is 369 g/mol. The SMILES string of the molecule is O=C(Nc1nccs1)C1CCCN1C(=O)c1cccc(-n2cnnn2)c1. The summed E-state index contributed by atoms with van der Waals surface area (Å²) in [5.41, 5.74) is 1.18. The molecule has 3 aromatic rings. The highest BCUT2D eigenvalue weighted by atomic mass is 32.1. The van der Waals surface area contributed by atoms with E-state index >= 15 is 0 Å². The van der Waals surface area contributed by atoms with E-state index in [0.717, 1.165) is 6.42 Å². The lowest BCUT2D eigenvalue weighted by Crippen LogP contribution is -2.43. The molecule has 4 rings (SSSR count). The number of amides is 2. The Morgan fingerprint density at radius 2 is 2.23 bits per heavy atom. The van der Waals surface area contributed by atoms with E-state index in [0.29, 0.717) is 29.3 Å². The van der Waals surface area contributed by atoms with Crippen LogP contribution in [0.25, 0.3) is 5.69 Å². The maximum Gasteiger partial charge on any atom is 0.254 e. The zero-order chi connectivity index (χ0) is 17.9. The first-order chi connectivity index (χ1) is 12.7. The molecule has 1 aliphatic heterocycles. The maximum atomic E-state index is 13.0. The van der Waals surface area contributed by atoms with Gasteiger partial charge in [-0.1, -0.05) is 6.07 Å². The minimum absolute atomic E-state index is 0.184. The summed E-state index contributed by atoms with van der Waals surface area (Å²) < 4.78 is 1.48. The molecule has 2 amide bonds. The summed E-state index contributed by atoms with van der Waals surface area (Å²) in [7, 11) is 0. The number of rotatable bonds is 4. The van der Waals surface area contributed by atoms with Crippen LogP contribution in [0.5, 0.6) is 0 Å². The molecule has 0 saturated carbocycles. The van der Waals surface area contributed by atoms with Gasteiger partial charge >= 0.3 is 0 Å². The molecule has 0 spiro atoms. The highest BCUT2D eigenvalue weighted by Gasteiger charge is 2.34. The third-order valence-electron chi connectivity index (χ3n) is 4.19. The zero-order valence-electron chi connectivity index (χ0n) is 13.6. The molecule has 0 bridgehead atoms. The average Bonchev–Trinajstić information content (AvgIpc) is 3.42. The van der Waals surface area contributed by atoms with Crippen molar-refractivity contribution in [1.29, 1.82) is 0 Å². The molecule has 1 saturated heterocycles. The van der Waals surface area contributed by atoms with Crippen LogP contribution in [0.3, 0.4) is 0 Å². The van der Waals surface area contributed by atoms with Crippen LogP contribution in [-0.2, 0) is 4.79 Å². The van der Waals surface area contributed by atoms with Crippen LogP contribution in [0.2, 0.25) is 0 Å². The van der Waals surface area contributed by atoms with Crippen molar-refractivity contribution in [3.8, 4) is 5.69 Å². The Morgan fingerprint density at radius 3 is 3.00 bits per heavy atom. The van der Waals surface area contributed by atoms with Gasteiger partial charge in [0.2, 0.25) is 5.91 Å². The van der Waals surface area contributed by atoms with Crippen molar-refractivity contribution >= 4 is 28.3 Å². The van der Waals surface area contributed by atoms with Crippen LogP contribution >= 0.6 is 11.3 Å². The lowest BCUT2D eigenvalue weighted by molar-refractivity contribution is -0.119. The summed E-state index contributed by atoms with van der Waals surface area (Å²) in [5, 5.41) is 16.1. The largest absolute Gasteiger partial charge is 0.327 e. The summed E-state index contributed by atoms with van der Waals surface area (Å²) in [6, 6.07) is 6.52. The number of nitrogens with zero attached hydrogens (tertiary/aromatic N) is 6. The van der Waals surface area contributed by atoms with Crippen molar-refractivity contribution < 1.29 is 9.59 Å². The summed E-state index contributed by atoms with van der Waals surface area (Å²) in [5.74, 6) is -0.390. The van der Waals surface area contributed by atoms with Crippen molar-refractivity contribution in [2.24, 2.45) is 0 Å². The number of hydrogen-bond donors (Lipinski definition) is 1. The van der Waals surface area contributed by atoms with Crippen molar-refractivity contribution in [2.45, 2.75) is 18.9 Å². The van der Waals surface area contributed by atoms with Gasteiger partial charge in [-0.25, -0.2) is 9.67 Å². The Bertz CT molecular complexity index is 911.